The van der Waals surface area contributed by atoms with Crippen LogP contribution in [0.1, 0.15) is 5.56 Å². The summed E-state index contributed by atoms with van der Waals surface area (Å²) in [5.41, 5.74) is 0.456. The van der Waals surface area contributed by atoms with Crippen molar-refractivity contribution in [1.82, 2.24) is 0 Å². The molecule has 0 saturated carbocycles. The molecule has 3 nitrogen and oxygen atoms in total. The van der Waals surface area contributed by atoms with Gasteiger partial charge in [-0.15, -0.1) is 0 Å². The second kappa shape index (κ2) is 5.07. The monoisotopic (exact) mass is 236 g/mol. The molecule has 0 unspecified atom stereocenters. The molecule has 1 aromatic carbocycles. The van der Waals surface area contributed by atoms with Crippen molar-refractivity contribution in [2.75, 3.05) is 13.7 Å². The summed E-state index contributed by atoms with van der Waals surface area (Å²) in [5.74, 6) is 0.160. The summed E-state index contributed by atoms with van der Waals surface area (Å²) in [6, 6.07) is 4.29. The Morgan fingerprint density at radius 1 is 1.25 bits per heavy atom. The lowest BCUT2D eigenvalue weighted by molar-refractivity contribution is -0.153. The minimum absolute atomic E-state index is 0.0358. The summed E-state index contributed by atoms with van der Waals surface area (Å²) in [4.78, 5) is 0. The van der Waals surface area contributed by atoms with E-state index in [0.29, 0.717) is 5.56 Å². The lowest BCUT2D eigenvalue weighted by Crippen LogP contribution is -2.19. The number of halogens is 3. The Balaban J connectivity index is 2.83. The third kappa shape index (κ3) is 3.62. The first-order valence-corrected chi connectivity index (χ1v) is 4.43. The number of hydrogen-bond acceptors (Lipinski definition) is 3. The zero-order chi connectivity index (χ0) is 12.2. The van der Waals surface area contributed by atoms with Crippen LogP contribution in [0, 0.1) is 0 Å². The highest BCUT2D eigenvalue weighted by Crippen LogP contribution is 2.29. The Labute approximate surface area is 90.4 Å². The van der Waals surface area contributed by atoms with Gasteiger partial charge >= 0.3 is 6.18 Å². The summed E-state index contributed by atoms with van der Waals surface area (Å²) in [7, 11) is 1.33. The molecule has 6 heteroatoms. The van der Waals surface area contributed by atoms with E-state index in [4.69, 9.17) is 9.84 Å². The Kier molecular flexibility index (Phi) is 4.00. The SMILES string of the molecule is COc1ccc(CO)cc1OCC(F)(F)F. The molecule has 0 aliphatic carbocycles. The zero-order valence-electron chi connectivity index (χ0n) is 8.54. The van der Waals surface area contributed by atoms with Crippen LogP contribution < -0.4 is 9.47 Å². The van der Waals surface area contributed by atoms with Crippen LogP contribution >= 0.6 is 0 Å². The van der Waals surface area contributed by atoms with E-state index in [1.807, 2.05) is 0 Å². The van der Waals surface area contributed by atoms with Crippen molar-refractivity contribution in [3.05, 3.63) is 23.8 Å². The molecular weight excluding hydrogens is 225 g/mol. The molecule has 90 valence electrons. The van der Waals surface area contributed by atoms with Gasteiger partial charge in [-0.3, -0.25) is 0 Å². The summed E-state index contributed by atoms with van der Waals surface area (Å²) in [6.45, 7) is -1.66. The molecule has 0 fully saturated rings. The van der Waals surface area contributed by atoms with E-state index >= 15 is 0 Å². The van der Waals surface area contributed by atoms with Gasteiger partial charge in [-0.2, -0.15) is 13.2 Å². The van der Waals surface area contributed by atoms with Crippen molar-refractivity contribution in [1.29, 1.82) is 0 Å². The highest BCUT2D eigenvalue weighted by Gasteiger charge is 2.29. The second-order valence-corrected chi connectivity index (χ2v) is 3.05. The average Bonchev–Trinajstić information content (AvgIpc) is 2.25. The predicted octanol–water partition coefficient (Wildman–Crippen LogP) is 2.13. The topological polar surface area (TPSA) is 38.7 Å². The van der Waals surface area contributed by atoms with Gasteiger partial charge in [0, 0.05) is 0 Å². The van der Waals surface area contributed by atoms with E-state index in [2.05, 4.69) is 4.74 Å². The number of hydrogen-bond donors (Lipinski definition) is 1. The van der Waals surface area contributed by atoms with Gasteiger partial charge in [-0.1, -0.05) is 6.07 Å². The van der Waals surface area contributed by atoms with E-state index in [0.717, 1.165) is 0 Å². The van der Waals surface area contributed by atoms with Gasteiger partial charge in [0.2, 0.25) is 0 Å². The van der Waals surface area contributed by atoms with Crippen LogP contribution in [0.4, 0.5) is 13.2 Å². The van der Waals surface area contributed by atoms with Gasteiger partial charge in [0.1, 0.15) is 0 Å². The summed E-state index contributed by atoms with van der Waals surface area (Å²) >= 11 is 0. The van der Waals surface area contributed by atoms with Crippen molar-refractivity contribution in [2.24, 2.45) is 0 Å². The fourth-order valence-electron chi connectivity index (χ4n) is 1.09. The van der Waals surface area contributed by atoms with Gasteiger partial charge in [0.15, 0.2) is 18.1 Å². The lowest BCUT2D eigenvalue weighted by atomic mass is 10.2. The van der Waals surface area contributed by atoms with Crippen molar-refractivity contribution < 1.29 is 27.8 Å². The van der Waals surface area contributed by atoms with Gasteiger partial charge in [0.25, 0.3) is 0 Å². The average molecular weight is 236 g/mol. The second-order valence-electron chi connectivity index (χ2n) is 3.05. The molecule has 1 N–H and O–H groups in total. The van der Waals surface area contributed by atoms with E-state index in [9.17, 15) is 13.2 Å². The van der Waals surface area contributed by atoms with Crippen molar-refractivity contribution in [2.45, 2.75) is 12.8 Å². The normalized spacial score (nSPS) is 11.3. The molecule has 1 rings (SSSR count). The molecule has 0 atom stereocenters. The fourth-order valence-corrected chi connectivity index (χ4v) is 1.09. The van der Waals surface area contributed by atoms with Crippen LogP contribution in [-0.2, 0) is 6.61 Å². The molecule has 0 radical (unpaired) electrons. The van der Waals surface area contributed by atoms with Gasteiger partial charge < -0.3 is 14.6 Å². The van der Waals surface area contributed by atoms with Crippen LogP contribution in [0.3, 0.4) is 0 Å². The quantitative estimate of drug-likeness (QED) is 0.870. The Hall–Kier alpha value is -1.43. The molecule has 16 heavy (non-hydrogen) atoms. The van der Waals surface area contributed by atoms with Gasteiger partial charge in [0.05, 0.1) is 13.7 Å². The minimum Gasteiger partial charge on any atom is -0.493 e. The number of ether oxygens (including phenoxy) is 2. The smallest absolute Gasteiger partial charge is 0.422 e. The third-order valence-corrected chi connectivity index (χ3v) is 1.80. The number of rotatable bonds is 4. The van der Waals surface area contributed by atoms with Crippen LogP contribution in [0.25, 0.3) is 0 Å². The largest absolute Gasteiger partial charge is 0.493 e. The molecule has 1 aromatic rings. The van der Waals surface area contributed by atoms with E-state index in [-0.39, 0.29) is 18.1 Å². The van der Waals surface area contributed by atoms with E-state index in [1.165, 1.54) is 19.2 Å². The highest BCUT2D eigenvalue weighted by molar-refractivity contribution is 5.42. The fraction of sp³-hybridized carbons (Fsp3) is 0.400. The number of aliphatic hydroxyl groups is 1. The number of methoxy groups -OCH3 is 1. The summed E-state index contributed by atoms with van der Waals surface area (Å²) in [5, 5.41) is 8.84. The molecule has 0 heterocycles. The Bertz CT molecular complexity index is 350. The van der Waals surface area contributed by atoms with E-state index in [1.54, 1.807) is 6.07 Å². The Morgan fingerprint density at radius 2 is 1.94 bits per heavy atom. The van der Waals surface area contributed by atoms with Crippen LogP contribution in [-0.4, -0.2) is 25.0 Å². The molecule has 0 bridgehead atoms. The van der Waals surface area contributed by atoms with Crippen LogP contribution in [0.15, 0.2) is 18.2 Å². The molecule has 0 spiro atoms. The molecule has 0 amide bonds. The number of aliphatic hydroxyl groups excluding tert-OH is 1. The molecule has 0 aromatic heterocycles. The zero-order valence-corrected chi connectivity index (χ0v) is 8.54. The molecule has 0 aliphatic heterocycles. The van der Waals surface area contributed by atoms with Crippen LogP contribution in [0.5, 0.6) is 11.5 Å². The maximum Gasteiger partial charge on any atom is 0.422 e. The van der Waals surface area contributed by atoms with Crippen molar-refractivity contribution >= 4 is 0 Å². The first-order chi connectivity index (χ1) is 7.46. The van der Waals surface area contributed by atoms with Gasteiger partial charge in [-0.25, -0.2) is 0 Å². The lowest BCUT2D eigenvalue weighted by Gasteiger charge is -2.13. The third-order valence-electron chi connectivity index (χ3n) is 1.80. The molecular formula is C10H11F3O3. The standard InChI is InChI=1S/C10H11F3O3/c1-15-8-3-2-7(5-14)4-9(8)16-6-10(11,12)13/h2-4,14H,5-6H2,1H3. The molecule has 0 saturated heterocycles. The highest BCUT2D eigenvalue weighted by atomic mass is 19.4. The minimum atomic E-state index is -4.40. The number of alkyl halides is 3. The Morgan fingerprint density at radius 3 is 2.44 bits per heavy atom. The van der Waals surface area contributed by atoms with Gasteiger partial charge in [-0.05, 0) is 17.7 Å². The first-order valence-electron chi connectivity index (χ1n) is 4.43. The first kappa shape index (κ1) is 12.6. The summed E-state index contributed by atoms with van der Waals surface area (Å²) in [6.07, 6.45) is -4.40. The predicted molar refractivity (Wildman–Crippen MR) is 50.5 cm³/mol. The maximum atomic E-state index is 11.9. The van der Waals surface area contributed by atoms with E-state index < -0.39 is 12.8 Å². The maximum absolute atomic E-state index is 11.9. The van der Waals surface area contributed by atoms with Crippen molar-refractivity contribution in [3.8, 4) is 11.5 Å². The summed E-state index contributed by atoms with van der Waals surface area (Å²) < 4.78 is 45.2. The van der Waals surface area contributed by atoms with Crippen molar-refractivity contribution in [3.63, 3.8) is 0 Å². The number of benzene rings is 1. The van der Waals surface area contributed by atoms with Crippen LogP contribution in [0.2, 0.25) is 0 Å². The molecule has 0 aliphatic rings.